The topological polar surface area (TPSA) is 59.0 Å². The third-order valence-corrected chi connectivity index (χ3v) is 3.71. The highest BCUT2D eigenvalue weighted by atomic mass is 16.2. The monoisotopic (exact) mass is 302 g/mol. The fourth-order valence-corrected chi connectivity index (χ4v) is 2.64. The minimum atomic E-state index is -0.315. The lowest BCUT2D eigenvalue weighted by Crippen LogP contribution is -2.27. The van der Waals surface area contributed by atoms with Gasteiger partial charge in [-0.25, -0.2) is 19.9 Å². The van der Waals surface area contributed by atoms with Crippen molar-refractivity contribution in [2.45, 2.75) is 0 Å². The summed E-state index contributed by atoms with van der Waals surface area (Å²) in [6.45, 7) is 0. The summed E-state index contributed by atoms with van der Waals surface area (Å²) < 4.78 is 1.61. The maximum absolute atomic E-state index is 12.3. The van der Waals surface area contributed by atoms with Gasteiger partial charge in [0.05, 0.1) is 16.7 Å². The number of fused-ring (bicyclic) bond motifs is 2. The first kappa shape index (κ1) is 13.3. The molecule has 23 heavy (non-hydrogen) atoms. The van der Waals surface area contributed by atoms with Gasteiger partial charge in [-0.3, -0.25) is 0 Å². The van der Waals surface area contributed by atoms with E-state index in [0.717, 1.165) is 27.5 Å². The molecule has 0 saturated heterocycles. The van der Waals surface area contributed by atoms with E-state index >= 15 is 0 Å². The molecule has 1 aromatic heterocycles. The summed E-state index contributed by atoms with van der Waals surface area (Å²) in [4.78, 5) is 16.5. The zero-order valence-corrected chi connectivity index (χ0v) is 12.2. The number of rotatable bonds is 2. The van der Waals surface area contributed by atoms with Crippen LogP contribution in [-0.2, 0) is 0 Å². The van der Waals surface area contributed by atoms with Gasteiger partial charge in [0.1, 0.15) is 6.33 Å². The lowest BCUT2D eigenvalue weighted by molar-refractivity contribution is 0.260. The first-order valence-corrected chi connectivity index (χ1v) is 7.29. The van der Waals surface area contributed by atoms with E-state index in [1.54, 1.807) is 11.0 Å². The summed E-state index contributed by atoms with van der Waals surface area (Å²) in [6, 6.07) is 21.1. The van der Waals surface area contributed by atoms with Crippen molar-refractivity contribution in [1.29, 1.82) is 0 Å². The van der Waals surface area contributed by atoms with Gasteiger partial charge >= 0.3 is 6.03 Å². The Morgan fingerprint density at radius 1 is 0.913 bits per heavy atom. The molecule has 0 radical (unpaired) electrons. The van der Waals surface area contributed by atoms with Crippen LogP contribution in [0.25, 0.3) is 21.8 Å². The lowest BCUT2D eigenvalue weighted by atomic mass is 10.1. The van der Waals surface area contributed by atoms with Crippen LogP contribution in [0.15, 0.2) is 73.1 Å². The minimum absolute atomic E-state index is 0.315. The molecule has 5 heteroatoms. The maximum Gasteiger partial charge on any atom is 0.338 e. The Bertz CT molecular complexity index is 1000. The molecule has 5 nitrogen and oxygen atoms in total. The lowest BCUT2D eigenvalue weighted by Gasteiger charge is -2.11. The molecular formula is C18H14N4O. The van der Waals surface area contributed by atoms with E-state index in [1.165, 1.54) is 0 Å². The van der Waals surface area contributed by atoms with Crippen LogP contribution >= 0.6 is 0 Å². The van der Waals surface area contributed by atoms with Crippen molar-refractivity contribution in [3.05, 3.63) is 73.1 Å². The second-order valence-corrected chi connectivity index (χ2v) is 5.20. The highest BCUT2D eigenvalue weighted by Crippen LogP contribution is 2.22. The Hall–Kier alpha value is -3.34. The second kappa shape index (κ2) is 5.46. The van der Waals surface area contributed by atoms with E-state index in [-0.39, 0.29) is 6.03 Å². The van der Waals surface area contributed by atoms with Gasteiger partial charge in [0, 0.05) is 5.39 Å². The average molecular weight is 302 g/mol. The SMILES string of the molecule is O=C(Nc1cccc2ccccc12)Nn1cnc2ccccc21. The van der Waals surface area contributed by atoms with Crippen LogP contribution in [0, 0.1) is 0 Å². The van der Waals surface area contributed by atoms with Crippen molar-refractivity contribution >= 4 is 33.5 Å². The number of benzene rings is 3. The fraction of sp³-hybridized carbons (Fsp3) is 0. The van der Waals surface area contributed by atoms with Gasteiger partial charge in [0.25, 0.3) is 0 Å². The van der Waals surface area contributed by atoms with E-state index in [4.69, 9.17) is 0 Å². The first-order chi connectivity index (χ1) is 11.3. The quantitative estimate of drug-likeness (QED) is 0.588. The van der Waals surface area contributed by atoms with Gasteiger partial charge in [0.15, 0.2) is 0 Å². The van der Waals surface area contributed by atoms with Crippen LogP contribution in [0.4, 0.5) is 10.5 Å². The molecule has 0 fully saturated rings. The fourth-order valence-electron chi connectivity index (χ4n) is 2.64. The zero-order valence-electron chi connectivity index (χ0n) is 12.2. The van der Waals surface area contributed by atoms with Crippen molar-refractivity contribution in [3.63, 3.8) is 0 Å². The molecule has 112 valence electrons. The summed E-state index contributed by atoms with van der Waals surface area (Å²) in [7, 11) is 0. The molecule has 0 unspecified atom stereocenters. The Labute approximate surface area is 132 Å². The van der Waals surface area contributed by atoms with Crippen LogP contribution in [0.1, 0.15) is 0 Å². The van der Waals surface area contributed by atoms with E-state index in [0.29, 0.717) is 0 Å². The molecule has 0 spiro atoms. The molecule has 3 aromatic carbocycles. The smallest absolute Gasteiger partial charge is 0.306 e. The van der Waals surface area contributed by atoms with Gasteiger partial charge in [-0.2, -0.15) is 0 Å². The number of hydrogen-bond donors (Lipinski definition) is 2. The van der Waals surface area contributed by atoms with Crippen LogP contribution < -0.4 is 10.7 Å². The summed E-state index contributed by atoms with van der Waals surface area (Å²) in [5.41, 5.74) is 5.23. The molecule has 0 aliphatic carbocycles. The zero-order chi connectivity index (χ0) is 15.6. The van der Waals surface area contributed by atoms with Crippen molar-refractivity contribution in [2.75, 3.05) is 10.7 Å². The highest BCUT2D eigenvalue weighted by molar-refractivity contribution is 6.04. The third kappa shape index (κ3) is 2.48. The second-order valence-electron chi connectivity index (χ2n) is 5.20. The number of urea groups is 1. The van der Waals surface area contributed by atoms with E-state index in [9.17, 15) is 4.79 Å². The molecule has 0 saturated carbocycles. The summed E-state index contributed by atoms with van der Waals surface area (Å²) in [5, 5.41) is 4.97. The number of anilines is 1. The number of nitrogens with zero attached hydrogens (tertiary/aromatic N) is 2. The van der Waals surface area contributed by atoms with Crippen LogP contribution in [0.3, 0.4) is 0 Å². The Balaban J connectivity index is 1.60. The summed E-state index contributed by atoms with van der Waals surface area (Å²) in [5.74, 6) is 0. The number of hydrogen-bond acceptors (Lipinski definition) is 2. The number of carbonyl (C=O) groups is 1. The third-order valence-electron chi connectivity index (χ3n) is 3.71. The molecule has 0 bridgehead atoms. The van der Waals surface area contributed by atoms with Gasteiger partial charge in [0.2, 0.25) is 0 Å². The normalized spacial score (nSPS) is 10.8. The summed E-state index contributed by atoms with van der Waals surface area (Å²) in [6.07, 6.45) is 1.59. The number of nitrogens with one attached hydrogen (secondary N) is 2. The minimum Gasteiger partial charge on any atom is -0.306 e. The number of amides is 2. The van der Waals surface area contributed by atoms with Gasteiger partial charge < -0.3 is 5.32 Å². The van der Waals surface area contributed by atoms with Gasteiger partial charge in [-0.05, 0) is 23.6 Å². The molecule has 2 N–H and O–H groups in total. The molecule has 0 atom stereocenters. The largest absolute Gasteiger partial charge is 0.338 e. The van der Waals surface area contributed by atoms with Crippen LogP contribution in [0.5, 0.6) is 0 Å². The molecule has 0 aliphatic rings. The molecular weight excluding hydrogens is 288 g/mol. The standard InChI is InChI=1S/C18H14N4O/c23-18(21-22-12-19-16-9-3-4-11-17(16)22)20-15-10-5-7-13-6-1-2-8-14(13)15/h1-12H,(H2,20,21,23). The number of carbonyl (C=O) groups excluding carboxylic acids is 1. The Morgan fingerprint density at radius 2 is 1.70 bits per heavy atom. The van der Waals surface area contributed by atoms with Crippen molar-refractivity contribution in [2.24, 2.45) is 0 Å². The molecule has 1 heterocycles. The predicted molar refractivity (Wildman–Crippen MR) is 92.1 cm³/mol. The summed E-state index contributed by atoms with van der Waals surface area (Å²) >= 11 is 0. The van der Waals surface area contributed by atoms with Crippen LogP contribution in [0.2, 0.25) is 0 Å². The van der Waals surface area contributed by atoms with Gasteiger partial charge in [-0.15, -0.1) is 0 Å². The number of para-hydroxylation sites is 2. The van der Waals surface area contributed by atoms with Crippen molar-refractivity contribution in [3.8, 4) is 0 Å². The molecule has 2 amide bonds. The Kier molecular flexibility index (Phi) is 3.16. The molecule has 4 rings (SSSR count). The van der Waals surface area contributed by atoms with Crippen LogP contribution in [-0.4, -0.2) is 15.7 Å². The average Bonchev–Trinajstić information content (AvgIpc) is 2.98. The predicted octanol–water partition coefficient (Wildman–Crippen LogP) is 3.97. The van der Waals surface area contributed by atoms with Crippen molar-refractivity contribution in [1.82, 2.24) is 9.66 Å². The van der Waals surface area contributed by atoms with E-state index in [1.807, 2.05) is 66.7 Å². The molecule has 4 aromatic rings. The highest BCUT2D eigenvalue weighted by Gasteiger charge is 2.07. The van der Waals surface area contributed by atoms with E-state index in [2.05, 4.69) is 15.7 Å². The maximum atomic E-state index is 12.3. The Morgan fingerprint density at radius 3 is 2.65 bits per heavy atom. The number of aromatic nitrogens is 2. The first-order valence-electron chi connectivity index (χ1n) is 7.29. The number of imidazole rings is 1. The van der Waals surface area contributed by atoms with Gasteiger partial charge in [-0.1, -0.05) is 48.5 Å². The van der Waals surface area contributed by atoms with E-state index < -0.39 is 0 Å². The van der Waals surface area contributed by atoms with Crippen molar-refractivity contribution < 1.29 is 4.79 Å². The molecule has 0 aliphatic heterocycles.